The van der Waals surface area contributed by atoms with E-state index in [4.69, 9.17) is 0 Å². The molecule has 4 rings (SSSR count). The predicted molar refractivity (Wildman–Crippen MR) is 103 cm³/mol. The van der Waals surface area contributed by atoms with Crippen LogP contribution < -0.4 is 10.9 Å². The van der Waals surface area contributed by atoms with Crippen molar-refractivity contribution in [2.45, 2.75) is 6.92 Å². The molecule has 1 aromatic carbocycles. The number of hydrogen-bond acceptors (Lipinski definition) is 5. The molecule has 25 heavy (non-hydrogen) atoms. The van der Waals surface area contributed by atoms with Gasteiger partial charge in [-0.25, -0.2) is 4.98 Å². The molecular weight excluding hydrogens is 354 g/mol. The van der Waals surface area contributed by atoms with Gasteiger partial charge in [-0.1, -0.05) is 18.2 Å². The van der Waals surface area contributed by atoms with Crippen LogP contribution in [-0.4, -0.2) is 15.9 Å². The summed E-state index contributed by atoms with van der Waals surface area (Å²) in [5, 5.41) is 5.92. The number of fused-ring (bicyclic) bond motifs is 1. The number of H-pyrrole nitrogens is 1. The molecule has 0 spiro atoms. The van der Waals surface area contributed by atoms with Gasteiger partial charge in [0.15, 0.2) is 5.13 Å². The molecule has 4 aromatic rings. The zero-order valence-electron chi connectivity index (χ0n) is 13.2. The van der Waals surface area contributed by atoms with Crippen molar-refractivity contribution < 1.29 is 4.79 Å². The van der Waals surface area contributed by atoms with Gasteiger partial charge < -0.3 is 4.98 Å². The van der Waals surface area contributed by atoms with E-state index in [1.807, 2.05) is 42.6 Å². The van der Waals surface area contributed by atoms with Crippen LogP contribution in [0.3, 0.4) is 0 Å². The summed E-state index contributed by atoms with van der Waals surface area (Å²) in [7, 11) is 0. The lowest BCUT2D eigenvalue weighted by Gasteiger charge is -2.05. The van der Waals surface area contributed by atoms with Gasteiger partial charge in [0.25, 0.3) is 5.91 Å². The molecule has 0 aliphatic carbocycles. The van der Waals surface area contributed by atoms with Crippen LogP contribution >= 0.6 is 22.7 Å². The van der Waals surface area contributed by atoms with Crippen molar-refractivity contribution in [1.82, 2.24) is 9.97 Å². The maximum atomic E-state index is 12.6. The second-order valence-electron chi connectivity index (χ2n) is 5.50. The summed E-state index contributed by atoms with van der Waals surface area (Å²) in [6.07, 6.45) is 0. The number of para-hydroxylation sites is 1. The third-order valence-electron chi connectivity index (χ3n) is 3.71. The number of aromatic nitrogens is 2. The monoisotopic (exact) mass is 367 g/mol. The van der Waals surface area contributed by atoms with Crippen molar-refractivity contribution in [3.05, 3.63) is 68.6 Å². The first-order valence-corrected chi connectivity index (χ1v) is 9.25. The maximum Gasteiger partial charge on any atom is 0.258 e. The van der Waals surface area contributed by atoms with Gasteiger partial charge in [0.1, 0.15) is 0 Å². The van der Waals surface area contributed by atoms with Gasteiger partial charge in [-0.3, -0.25) is 14.9 Å². The number of rotatable bonds is 3. The second kappa shape index (κ2) is 6.27. The average Bonchev–Trinajstić information content (AvgIpc) is 3.23. The number of benzene rings is 1. The number of thiazole rings is 1. The lowest BCUT2D eigenvalue weighted by molar-refractivity contribution is 0.102. The summed E-state index contributed by atoms with van der Waals surface area (Å²) in [5.41, 5.74) is 1.50. The van der Waals surface area contributed by atoms with Crippen molar-refractivity contribution in [3.8, 4) is 10.6 Å². The van der Waals surface area contributed by atoms with Crippen molar-refractivity contribution in [1.29, 1.82) is 0 Å². The molecule has 0 fully saturated rings. The fraction of sp³-hybridized carbons (Fsp3) is 0.0556. The molecule has 2 N–H and O–H groups in total. The van der Waals surface area contributed by atoms with E-state index in [-0.39, 0.29) is 11.5 Å². The molecule has 0 atom stereocenters. The first kappa shape index (κ1) is 15.7. The number of pyridine rings is 1. The zero-order valence-corrected chi connectivity index (χ0v) is 14.8. The summed E-state index contributed by atoms with van der Waals surface area (Å²) in [4.78, 5) is 33.9. The number of carbonyl (C=O) groups excluding carboxylic acids is 1. The second-order valence-corrected chi connectivity index (χ2v) is 7.64. The Labute approximate surface area is 151 Å². The predicted octanol–water partition coefficient (Wildman–Crippen LogP) is 4.27. The van der Waals surface area contributed by atoms with Gasteiger partial charge in [-0.15, -0.1) is 22.7 Å². The maximum absolute atomic E-state index is 12.6. The number of aromatic amines is 1. The summed E-state index contributed by atoms with van der Waals surface area (Å²) in [6, 6.07) is 12.6. The van der Waals surface area contributed by atoms with Crippen LogP contribution in [0, 0.1) is 6.92 Å². The van der Waals surface area contributed by atoms with E-state index in [0.29, 0.717) is 21.6 Å². The SMILES string of the molecule is Cc1ccc(-c2csc(NC(=O)c3cc(=O)[nH]c4ccccc34)n2)s1. The standard InChI is InChI=1S/C18H13N3O2S2/c1-10-6-7-15(25-10)14-9-24-18(20-14)21-17(23)12-8-16(22)19-13-5-3-2-4-11(12)13/h2-9H,1H3,(H,19,22)(H,20,21,23). The minimum atomic E-state index is -0.342. The topological polar surface area (TPSA) is 74.8 Å². The first-order valence-electron chi connectivity index (χ1n) is 7.56. The third kappa shape index (κ3) is 3.11. The number of anilines is 1. The van der Waals surface area contributed by atoms with Crippen LogP contribution in [0.2, 0.25) is 0 Å². The Morgan fingerprint density at radius 1 is 1.20 bits per heavy atom. The molecule has 0 radical (unpaired) electrons. The van der Waals surface area contributed by atoms with Crippen molar-refractivity contribution >= 4 is 44.6 Å². The Balaban J connectivity index is 1.65. The Bertz CT molecular complexity index is 1140. The van der Waals surface area contributed by atoms with Crippen molar-refractivity contribution in [3.63, 3.8) is 0 Å². The highest BCUT2D eigenvalue weighted by Gasteiger charge is 2.14. The molecule has 1 amide bonds. The highest BCUT2D eigenvalue weighted by Crippen LogP contribution is 2.30. The minimum Gasteiger partial charge on any atom is -0.322 e. The first-order chi connectivity index (χ1) is 12.1. The number of hydrogen-bond donors (Lipinski definition) is 2. The average molecular weight is 367 g/mol. The lowest BCUT2D eigenvalue weighted by Crippen LogP contribution is -2.16. The highest BCUT2D eigenvalue weighted by atomic mass is 32.1. The van der Waals surface area contributed by atoms with Gasteiger partial charge >= 0.3 is 0 Å². The van der Waals surface area contributed by atoms with Gasteiger partial charge in [0, 0.05) is 27.2 Å². The summed E-state index contributed by atoms with van der Waals surface area (Å²) in [6.45, 7) is 2.04. The van der Waals surface area contributed by atoms with Crippen LogP contribution in [0.5, 0.6) is 0 Å². The fourth-order valence-electron chi connectivity index (χ4n) is 2.57. The molecule has 7 heteroatoms. The third-order valence-corrected chi connectivity index (χ3v) is 5.49. The van der Waals surface area contributed by atoms with E-state index in [1.165, 1.54) is 22.3 Å². The number of thiophene rings is 1. The normalized spacial score (nSPS) is 10.9. The smallest absolute Gasteiger partial charge is 0.258 e. The van der Waals surface area contributed by atoms with Gasteiger partial charge in [0.05, 0.1) is 16.1 Å². The summed E-state index contributed by atoms with van der Waals surface area (Å²) < 4.78 is 0. The fourth-order valence-corrected chi connectivity index (χ4v) is 4.18. The van der Waals surface area contributed by atoms with Crippen molar-refractivity contribution in [2.75, 3.05) is 5.32 Å². The number of carbonyl (C=O) groups is 1. The molecule has 3 heterocycles. The van der Waals surface area contributed by atoms with E-state index < -0.39 is 0 Å². The molecule has 5 nitrogen and oxygen atoms in total. The van der Waals surface area contributed by atoms with Crippen molar-refractivity contribution in [2.24, 2.45) is 0 Å². The molecule has 0 bridgehead atoms. The molecule has 0 aliphatic heterocycles. The largest absolute Gasteiger partial charge is 0.322 e. The Kier molecular flexibility index (Phi) is 3.95. The molecule has 124 valence electrons. The minimum absolute atomic E-state index is 0.308. The summed E-state index contributed by atoms with van der Waals surface area (Å²) >= 11 is 3.02. The molecule has 0 saturated heterocycles. The number of amides is 1. The molecule has 3 aromatic heterocycles. The highest BCUT2D eigenvalue weighted by molar-refractivity contribution is 7.17. The Morgan fingerprint density at radius 3 is 2.84 bits per heavy atom. The van der Waals surface area contributed by atoms with Gasteiger partial charge in [-0.2, -0.15) is 0 Å². The number of nitrogens with one attached hydrogen (secondary N) is 2. The van der Waals surface area contributed by atoms with E-state index in [0.717, 1.165) is 10.6 Å². The van der Waals surface area contributed by atoms with E-state index in [2.05, 4.69) is 15.3 Å². The van der Waals surface area contributed by atoms with Crippen LogP contribution in [0.15, 0.2) is 52.6 Å². The summed E-state index contributed by atoms with van der Waals surface area (Å²) in [5.74, 6) is -0.342. The van der Waals surface area contributed by atoms with Crippen LogP contribution in [-0.2, 0) is 0 Å². The van der Waals surface area contributed by atoms with Crippen LogP contribution in [0.4, 0.5) is 5.13 Å². The van der Waals surface area contributed by atoms with Gasteiger partial charge in [-0.05, 0) is 25.1 Å². The van der Waals surface area contributed by atoms with E-state index in [9.17, 15) is 9.59 Å². The number of aryl methyl sites for hydroxylation is 1. The van der Waals surface area contributed by atoms with Crippen LogP contribution in [0.25, 0.3) is 21.5 Å². The molecular formula is C18H13N3O2S2. The quantitative estimate of drug-likeness (QED) is 0.568. The molecule has 0 unspecified atom stereocenters. The van der Waals surface area contributed by atoms with Gasteiger partial charge in [0.2, 0.25) is 5.56 Å². The zero-order chi connectivity index (χ0) is 17.4. The molecule has 0 saturated carbocycles. The lowest BCUT2D eigenvalue weighted by atomic mass is 10.1. The van der Waals surface area contributed by atoms with E-state index >= 15 is 0 Å². The van der Waals surface area contributed by atoms with E-state index in [1.54, 1.807) is 17.4 Å². The molecule has 0 aliphatic rings. The number of nitrogens with zero attached hydrogens (tertiary/aromatic N) is 1. The van der Waals surface area contributed by atoms with Crippen LogP contribution in [0.1, 0.15) is 15.2 Å². The Hall–Kier alpha value is -2.77. The Morgan fingerprint density at radius 2 is 2.04 bits per heavy atom.